The van der Waals surface area contributed by atoms with Gasteiger partial charge in [0.2, 0.25) is 0 Å². The summed E-state index contributed by atoms with van der Waals surface area (Å²) in [6.45, 7) is 4.92. The Morgan fingerprint density at radius 3 is 1.89 bits per heavy atom. The van der Waals surface area contributed by atoms with Crippen molar-refractivity contribution < 1.29 is 0 Å². The summed E-state index contributed by atoms with van der Waals surface area (Å²) in [5.41, 5.74) is 0. The first kappa shape index (κ1) is 12.9. The molecular formula is C16H30N2. The molecule has 2 saturated heterocycles. The van der Waals surface area contributed by atoms with Crippen LogP contribution in [0.2, 0.25) is 0 Å². The van der Waals surface area contributed by atoms with Crippen molar-refractivity contribution in [3.05, 3.63) is 0 Å². The molecule has 3 fully saturated rings. The van der Waals surface area contributed by atoms with Gasteiger partial charge in [-0.05, 0) is 63.8 Å². The third-order valence-corrected chi connectivity index (χ3v) is 6.19. The number of nitrogens with zero attached hydrogens (tertiary/aromatic N) is 1. The Morgan fingerprint density at radius 2 is 1.33 bits per heavy atom. The minimum absolute atomic E-state index is 0.790. The van der Waals surface area contributed by atoms with Crippen LogP contribution in [0.3, 0.4) is 0 Å². The van der Waals surface area contributed by atoms with Crippen LogP contribution in [0.25, 0.3) is 0 Å². The number of hydrogen-bond donors (Lipinski definition) is 1. The second kappa shape index (κ2) is 5.13. The van der Waals surface area contributed by atoms with E-state index in [1.165, 1.54) is 44.9 Å². The Kier molecular flexibility index (Phi) is 3.68. The predicted octanol–water partition coefficient (Wildman–Crippen LogP) is 3.03. The molecule has 1 saturated carbocycles. The van der Waals surface area contributed by atoms with Crippen molar-refractivity contribution in [2.75, 3.05) is 7.05 Å². The third kappa shape index (κ3) is 2.22. The van der Waals surface area contributed by atoms with Gasteiger partial charge in [-0.25, -0.2) is 0 Å². The lowest BCUT2D eigenvalue weighted by molar-refractivity contribution is 0.0315. The zero-order valence-electron chi connectivity index (χ0n) is 12.4. The van der Waals surface area contributed by atoms with E-state index >= 15 is 0 Å². The van der Waals surface area contributed by atoms with E-state index in [1.54, 1.807) is 0 Å². The Morgan fingerprint density at radius 1 is 0.778 bits per heavy atom. The molecule has 1 aliphatic carbocycles. The van der Waals surface area contributed by atoms with Crippen LogP contribution in [0, 0.1) is 11.8 Å². The molecule has 3 aliphatic rings. The lowest BCUT2D eigenvalue weighted by Crippen LogP contribution is -2.53. The second-order valence-electron chi connectivity index (χ2n) is 7.21. The molecule has 2 aliphatic heterocycles. The fourth-order valence-corrected chi connectivity index (χ4v) is 4.84. The van der Waals surface area contributed by atoms with Gasteiger partial charge < -0.3 is 5.32 Å². The molecule has 2 heterocycles. The van der Waals surface area contributed by atoms with Gasteiger partial charge >= 0.3 is 0 Å². The van der Waals surface area contributed by atoms with E-state index in [-0.39, 0.29) is 0 Å². The monoisotopic (exact) mass is 250 g/mol. The van der Waals surface area contributed by atoms with Crippen molar-refractivity contribution in [1.82, 2.24) is 10.2 Å². The summed E-state index contributed by atoms with van der Waals surface area (Å²) in [4.78, 5) is 2.95. The molecule has 5 unspecified atom stereocenters. The van der Waals surface area contributed by atoms with Gasteiger partial charge in [-0.2, -0.15) is 0 Å². The van der Waals surface area contributed by atoms with Gasteiger partial charge in [0, 0.05) is 24.2 Å². The summed E-state index contributed by atoms with van der Waals surface area (Å²) >= 11 is 0. The quantitative estimate of drug-likeness (QED) is 0.810. The van der Waals surface area contributed by atoms with Crippen molar-refractivity contribution in [3.8, 4) is 0 Å². The van der Waals surface area contributed by atoms with Gasteiger partial charge in [0.15, 0.2) is 0 Å². The molecule has 1 N–H and O–H groups in total. The summed E-state index contributed by atoms with van der Waals surface area (Å²) in [5.74, 6) is 1.89. The van der Waals surface area contributed by atoms with E-state index in [9.17, 15) is 0 Å². The summed E-state index contributed by atoms with van der Waals surface area (Å²) in [6, 6.07) is 3.49. The zero-order valence-corrected chi connectivity index (χ0v) is 12.4. The molecule has 0 aromatic heterocycles. The molecule has 3 rings (SSSR count). The highest BCUT2D eigenvalue weighted by atomic mass is 15.3. The number of rotatable bonds is 2. The van der Waals surface area contributed by atoms with Crippen LogP contribution < -0.4 is 5.32 Å². The maximum absolute atomic E-state index is 3.52. The second-order valence-corrected chi connectivity index (χ2v) is 7.21. The van der Waals surface area contributed by atoms with Crippen molar-refractivity contribution in [2.24, 2.45) is 11.8 Å². The average molecular weight is 250 g/mol. The van der Waals surface area contributed by atoms with Gasteiger partial charge in [0.1, 0.15) is 0 Å². The fraction of sp³-hybridized carbons (Fsp3) is 1.00. The highest BCUT2D eigenvalue weighted by Crippen LogP contribution is 2.42. The zero-order chi connectivity index (χ0) is 12.7. The molecule has 0 radical (unpaired) electrons. The van der Waals surface area contributed by atoms with Crippen LogP contribution in [0.1, 0.15) is 58.8 Å². The number of fused-ring (bicyclic) bond motifs is 2. The van der Waals surface area contributed by atoms with Gasteiger partial charge in [0.25, 0.3) is 0 Å². The third-order valence-electron chi connectivity index (χ3n) is 6.19. The number of hydrogen-bond acceptors (Lipinski definition) is 2. The smallest absolute Gasteiger partial charge is 0.0116 e. The van der Waals surface area contributed by atoms with E-state index < -0.39 is 0 Å². The van der Waals surface area contributed by atoms with Crippen molar-refractivity contribution in [1.29, 1.82) is 0 Å². The van der Waals surface area contributed by atoms with Crippen LogP contribution in [0.5, 0.6) is 0 Å². The van der Waals surface area contributed by atoms with Gasteiger partial charge in [-0.15, -0.1) is 0 Å². The molecule has 5 atom stereocenters. The summed E-state index contributed by atoms with van der Waals surface area (Å²) in [5, 5.41) is 3.52. The number of nitrogens with one attached hydrogen (secondary N) is 1. The maximum Gasteiger partial charge on any atom is 0.0116 e. The maximum atomic E-state index is 3.52. The summed E-state index contributed by atoms with van der Waals surface area (Å²) in [6.07, 6.45) is 10.1. The average Bonchev–Trinajstić information content (AvgIpc) is 2.64. The summed E-state index contributed by atoms with van der Waals surface area (Å²) in [7, 11) is 2.14. The first-order valence-corrected chi connectivity index (χ1v) is 8.13. The van der Waals surface area contributed by atoms with Crippen molar-refractivity contribution in [2.45, 2.75) is 83.0 Å². The molecule has 0 spiro atoms. The Bertz CT molecular complexity index is 277. The first-order chi connectivity index (χ1) is 8.69. The molecule has 2 bridgehead atoms. The number of piperidine rings is 1. The Hall–Kier alpha value is -0.0800. The lowest BCUT2D eigenvalue weighted by Gasteiger charge is -2.47. The molecule has 104 valence electrons. The van der Waals surface area contributed by atoms with E-state index in [4.69, 9.17) is 0 Å². The Labute approximate surface area is 113 Å². The van der Waals surface area contributed by atoms with Gasteiger partial charge in [-0.3, -0.25) is 4.90 Å². The van der Waals surface area contributed by atoms with Crippen molar-refractivity contribution in [3.63, 3.8) is 0 Å². The minimum atomic E-state index is 0.790. The SMILES string of the molecule is CNC1CC2CCC(C1)N2C1CCC(C)C(C)C1. The molecule has 0 aromatic carbocycles. The highest BCUT2D eigenvalue weighted by Gasteiger charge is 2.44. The summed E-state index contributed by atoms with van der Waals surface area (Å²) < 4.78 is 0. The highest BCUT2D eigenvalue weighted by molar-refractivity contribution is 5.00. The van der Waals surface area contributed by atoms with Gasteiger partial charge in [0.05, 0.1) is 0 Å². The van der Waals surface area contributed by atoms with Crippen LogP contribution in [0.4, 0.5) is 0 Å². The molecule has 0 amide bonds. The molecule has 2 nitrogen and oxygen atoms in total. The molecule has 18 heavy (non-hydrogen) atoms. The fourth-order valence-electron chi connectivity index (χ4n) is 4.84. The van der Waals surface area contributed by atoms with Gasteiger partial charge in [-0.1, -0.05) is 13.8 Å². The van der Waals surface area contributed by atoms with Crippen LogP contribution in [-0.2, 0) is 0 Å². The minimum Gasteiger partial charge on any atom is -0.317 e. The van der Waals surface area contributed by atoms with Crippen LogP contribution in [0.15, 0.2) is 0 Å². The van der Waals surface area contributed by atoms with Crippen LogP contribution >= 0.6 is 0 Å². The van der Waals surface area contributed by atoms with E-state index in [1.807, 2.05) is 0 Å². The van der Waals surface area contributed by atoms with Crippen molar-refractivity contribution >= 4 is 0 Å². The van der Waals surface area contributed by atoms with E-state index in [2.05, 4.69) is 31.1 Å². The van der Waals surface area contributed by atoms with Crippen LogP contribution in [-0.4, -0.2) is 36.1 Å². The topological polar surface area (TPSA) is 15.3 Å². The molecule has 0 aromatic rings. The normalized spacial score (nSPS) is 49.5. The van der Waals surface area contributed by atoms with E-state index in [0.29, 0.717) is 0 Å². The largest absolute Gasteiger partial charge is 0.317 e. The molecular weight excluding hydrogens is 220 g/mol. The Balaban J connectivity index is 1.67. The predicted molar refractivity (Wildman–Crippen MR) is 76.7 cm³/mol. The first-order valence-electron chi connectivity index (χ1n) is 8.13. The standard InChI is InChI=1S/C16H30N2/c1-11-4-5-14(8-12(11)2)18-15-6-7-16(18)10-13(9-15)17-3/h11-17H,4-10H2,1-3H3. The van der Waals surface area contributed by atoms with E-state index in [0.717, 1.165) is 36.0 Å². The lowest BCUT2D eigenvalue weighted by atomic mass is 9.77. The molecule has 2 heteroatoms.